The molecule has 3 rings (SSSR count). The summed E-state index contributed by atoms with van der Waals surface area (Å²) in [6.07, 6.45) is 7.56. The Kier molecular flexibility index (Phi) is 3.89. The van der Waals surface area contributed by atoms with Crippen LogP contribution < -0.4 is 0 Å². The van der Waals surface area contributed by atoms with Gasteiger partial charge in [-0.2, -0.15) is 0 Å². The van der Waals surface area contributed by atoms with Gasteiger partial charge in [0, 0.05) is 17.8 Å². The average molecular weight is 292 g/mol. The number of allylic oxidation sites excluding steroid dienone is 1. The van der Waals surface area contributed by atoms with E-state index in [1.165, 1.54) is 0 Å². The molecule has 2 bridgehead atoms. The largest absolute Gasteiger partial charge is 0.404 e. The molecule has 2 nitrogen and oxygen atoms in total. The van der Waals surface area contributed by atoms with Crippen LogP contribution >= 0.6 is 0 Å². The van der Waals surface area contributed by atoms with E-state index in [4.69, 9.17) is 4.43 Å². The highest BCUT2D eigenvalue weighted by Crippen LogP contribution is 2.60. The van der Waals surface area contributed by atoms with Gasteiger partial charge in [-0.1, -0.05) is 19.1 Å². The highest BCUT2D eigenvalue weighted by atomic mass is 28.4. The van der Waals surface area contributed by atoms with Crippen molar-refractivity contribution in [2.45, 2.75) is 57.8 Å². The summed E-state index contributed by atoms with van der Waals surface area (Å²) in [5.41, 5.74) is -0.797. The first-order chi connectivity index (χ1) is 9.20. The molecule has 0 amide bonds. The smallest absolute Gasteiger partial charge is 0.185 e. The number of carbonyl (C=O) groups is 1. The standard InChI is InChI=1S/C17H28O2Si/c1-7-10-17(19-20(4,5)6)15(18)13-9-11-16(17,3)14(8-2)12-13/h7-8,13-14H,1-2,9-12H2,3-6H3/t13-,14-,16+,17-/m1/s1. The van der Waals surface area contributed by atoms with Gasteiger partial charge in [0.15, 0.2) is 14.1 Å². The van der Waals surface area contributed by atoms with E-state index in [0.717, 1.165) is 19.3 Å². The zero-order valence-corrected chi connectivity index (χ0v) is 14.4. The van der Waals surface area contributed by atoms with Gasteiger partial charge in [0.2, 0.25) is 0 Å². The first-order valence-corrected chi connectivity index (χ1v) is 11.1. The second kappa shape index (κ2) is 4.95. The van der Waals surface area contributed by atoms with Gasteiger partial charge in [0.1, 0.15) is 5.60 Å². The van der Waals surface area contributed by atoms with Crippen LogP contribution in [0.15, 0.2) is 25.3 Å². The second-order valence-corrected chi connectivity index (χ2v) is 12.1. The minimum atomic E-state index is -1.83. The van der Waals surface area contributed by atoms with Crippen LogP contribution in [0.1, 0.15) is 32.6 Å². The van der Waals surface area contributed by atoms with Crippen LogP contribution in [-0.4, -0.2) is 19.7 Å². The normalized spacial score (nSPS) is 40.7. The summed E-state index contributed by atoms with van der Waals surface area (Å²) in [5.74, 6) is 0.845. The highest BCUT2D eigenvalue weighted by molar-refractivity contribution is 6.70. The summed E-state index contributed by atoms with van der Waals surface area (Å²) in [4.78, 5) is 13.1. The Morgan fingerprint density at radius 2 is 2.05 bits per heavy atom. The third-order valence-electron chi connectivity index (χ3n) is 5.26. The topological polar surface area (TPSA) is 26.3 Å². The molecule has 0 radical (unpaired) electrons. The Balaban J connectivity index is 2.54. The van der Waals surface area contributed by atoms with Crippen molar-refractivity contribution in [3.63, 3.8) is 0 Å². The summed E-state index contributed by atoms with van der Waals surface area (Å²) in [7, 11) is -1.83. The molecule has 20 heavy (non-hydrogen) atoms. The Hall–Kier alpha value is -0.673. The molecule has 112 valence electrons. The zero-order chi connectivity index (χ0) is 15.2. The summed E-state index contributed by atoms with van der Waals surface area (Å²) >= 11 is 0. The van der Waals surface area contributed by atoms with Crippen molar-refractivity contribution in [2.75, 3.05) is 0 Å². The molecule has 3 aliphatic rings. The van der Waals surface area contributed by atoms with Gasteiger partial charge in [-0.05, 0) is 44.8 Å². The van der Waals surface area contributed by atoms with Crippen molar-refractivity contribution in [1.29, 1.82) is 0 Å². The lowest BCUT2D eigenvalue weighted by atomic mass is 9.47. The maximum Gasteiger partial charge on any atom is 0.185 e. The maximum atomic E-state index is 13.1. The van der Waals surface area contributed by atoms with Gasteiger partial charge in [-0.15, -0.1) is 13.2 Å². The quantitative estimate of drug-likeness (QED) is 0.556. The first-order valence-electron chi connectivity index (χ1n) is 7.68. The zero-order valence-electron chi connectivity index (χ0n) is 13.4. The van der Waals surface area contributed by atoms with Crippen molar-refractivity contribution < 1.29 is 9.22 Å². The first kappa shape index (κ1) is 15.7. The van der Waals surface area contributed by atoms with E-state index in [2.05, 4.69) is 39.7 Å². The molecular weight excluding hydrogens is 264 g/mol. The molecule has 0 heterocycles. The van der Waals surface area contributed by atoms with E-state index >= 15 is 0 Å². The molecule has 3 aliphatic carbocycles. The summed E-state index contributed by atoms with van der Waals surface area (Å²) in [5, 5.41) is 0. The van der Waals surface area contributed by atoms with Crippen LogP contribution in [0.4, 0.5) is 0 Å². The summed E-state index contributed by atoms with van der Waals surface area (Å²) in [6.45, 7) is 16.6. The van der Waals surface area contributed by atoms with Crippen LogP contribution in [0.2, 0.25) is 19.6 Å². The molecule has 0 saturated heterocycles. The fourth-order valence-corrected chi connectivity index (χ4v) is 5.78. The second-order valence-electron chi connectivity index (χ2n) is 7.63. The van der Waals surface area contributed by atoms with E-state index in [1.54, 1.807) is 0 Å². The lowest BCUT2D eigenvalue weighted by Gasteiger charge is -2.61. The fraction of sp³-hybridized carbons (Fsp3) is 0.706. The van der Waals surface area contributed by atoms with Gasteiger partial charge in [0.05, 0.1) is 0 Å². The number of Topliss-reactive ketones (excluding diaryl/α,β-unsaturated/α-hetero) is 1. The molecule has 3 heteroatoms. The molecule has 0 aliphatic heterocycles. The SMILES string of the molecule is C=CC[C@@]1(O[Si](C)(C)C)C(=O)[C@@H]2CC[C@@]1(C)[C@H](C=C)C2. The van der Waals surface area contributed by atoms with Crippen molar-refractivity contribution in [3.05, 3.63) is 25.3 Å². The number of rotatable bonds is 5. The minimum absolute atomic E-state index is 0.130. The fourth-order valence-electron chi connectivity index (χ4n) is 4.32. The van der Waals surface area contributed by atoms with Crippen LogP contribution in [0.25, 0.3) is 0 Å². The van der Waals surface area contributed by atoms with E-state index in [9.17, 15) is 4.79 Å². The molecule has 0 spiro atoms. The van der Waals surface area contributed by atoms with Crippen molar-refractivity contribution in [2.24, 2.45) is 17.3 Å². The summed E-state index contributed by atoms with van der Waals surface area (Å²) in [6, 6.07) is 0. The molecule has 0 N–H and O–H groups in total. The van der Waals surface area contributed by atoms with Gasteiger partial charge in [-0.3, -0.25) is 4.79 Å². The van der Waals surface area contributed by atoms with E-state index < -0.39 is 13.9 Å². The van der Waals surface area contributed by atoms with Crippen molar-refractivity contribution >= 4 is 14.1 Å². The number of fused-ring (bicyclic) bond motifs is 3. The monoisotopic (exact) mass is 292 g/mol. The predicted molar refractivity (Wildman–Crippen MR) is 86.1 cm³/mol. The van der Waals surface area contributed by atoms with Crippen LogP contribution in [0, 0.1) is 17.3 Å². The number of ketones is 1. The van der Waals surface area contributed by atoms with Crippen LogP contribution in [0.3, 0.4) is 0 Å². The number of hydrogen-bond donors (Lipinski definition) is 0. The Bertz CT molecular complexity index is 437. The van der Waals surface area contributed by atoms with Gasteiger partial charge >= 0.3 is 0 Å². The molecule has 4 atom stereocenters. The molecule has 0 aromatic rings. The van der Waals surface area contributed by atoms with Gasteiger partial charge in [-0.25, -0.2) is 0 Å². The molecule has 3 fully saturated rings. The van der Waals surface area contributed by atoms with Crippen molar-refractivity contribution in [1.82, 2.24) is 0 Å². The average Bonchev–Trinajstić information content (AvgIpc) is 2.34. The van der Waals surface area contributed by atoms with Gasteiger partial charge < -0.3 is 4.43 Å². The predicted octanol–water partition coefficient (Wildman–Crippen LogP) is 4.34. The molecule has 3 saturated carbocycles. The molecule has 0 aromatic carbocycles. The summed E-state index contributed by atoms with van der Waals surface area (Å²) < 4.78 is 6.56. The lowest BCUT2D eigenvalue weighted by molar-refractivity contribution is -0.181. The van der Waals surface area contributed by atoms with Gasteiger partial charge in [0.25, 0.3) is 0 Å². The molecule has 0 aromatic heterocycles. The third-order valence-corrected chi connectivity index (χ3v) is 6.22. The van der Waals surface area contributed by atoms with Crippen LogP contribution in [0.5, 0.6) is 0 Å². The van der Waals surface area contributed by atoms with E-state index in [0.29, 0.717) is 18.1 Å². The van der Waals surface area contributed by atoms with Crippen LogP contribution in [-0.2, 0) is 9.22 Å². The highest BCUT2D eigenvalue weighted by Gasteiger charge is 2.65. The maximum absolute atomic E-state index is 13.1. The van der Waals surface area contributed by atoms with Crippen molar-refractivity contribution in [3.8, 4) is 0 Å². The minimum Gasteiger partial charge on any atom is -0.404 e. The number of carbonyl (C=O) groups excluding carboxylic acids is 1. The molecule has 0 unspecified atom stereocenters. The van der Waals surface area contributed by atoms with E-state index in [-0.39, 0.29) is 11.3 Å². The Morgan fingerprint density at radius 1 is 1.40 bits per heavy atom. The number of hydrogen-bond acceptors (Lipinski definition) is 2. The third kappa shape index (κ3) is 2.15. The molecular formula is C17H28O2Si. The Labute approximate surface area is 124 Å². The van der Waals surface area contributed by atoms with E-state index in [1.807, 2.05) is 12.2 Å². The lowest BCUT2D eigenvalue weighted by Crippen LogP contribution is -2.68. The Morgan fingerprint density at radius 3 is 2.55 bits per heavy atom.